The maximum absolute atomic E-state index is 12.2. The van der Waals surface area contributed by atoms with Gasteiger partial charge in [0.05, 0.1) is 42.6 Å². The first-order valence-corrected chi connectivity index (χ1v) is 9.40. The van der Waals surface area contributed by atoms with Crippen LogP contribution in [0.25, 0.3) is 0 Å². The highest BCUT2D eigenvalue weighted by Gasteiger charge is 2.42. The summed E-state index contributed by atoms with van der Waals surface area (Å²) < 4.78 is 12.4. The summed E-state index contributed by atoms with van der Waals surface area (Å²) in [4.78, 5) is 12.2. The van der Waals surface area contributed by atoms with Gasteiger partial charge in [0.15, 0.2) is 0 Å². The molecule has 23 heavy (non-hydrogen) atoms. The Kier molecular flexibility index (Phi) is 5.34. The first-order chi connectivity index (χ1) is 11.2. The van der Waals surface area contributed by atoms with E-state index in [1.54, 1.807) is 10.2 Å². The molecule has 2 aliphatic carbocycles. The monoisotopic (exact) mass is 429 g/mol. The fourth-order valence-corrected chi connectivity index (χ4v) is 4.93. The predicted molar refractivity (Wildman–Crippen MR) is 98.1 cm³/mol. The smallest absolute Gasteiger partial charge is 0.418 e. The number of amides is 1. The summed E-state index contributed by atoms with van der Waals surface area (Å²) in [5.74, 6) is 1.98. The molecule has 5 heteroatoms. The standard InChI is InChI=1S/C18H24INO3/c1-3-23-18(21)20(19)17-10-12-8-9-13(22-2)11-16(12)14-6-4-5-7-15(14)17/h8-9,11,14-15,17H,3-7,10H2,1-2H3/t14?,15?,17-/m0/s1. The highest BCUT2D eigenvalue weighted by molar-refractivity contribution is 14.1. The SMILES string of the molecule is CCOC(=O)N(I)[C@H]1Cc2ccc(OC)cc2C2CCCCC21. The van der Waals surface area contributed by atoms with Crippen molar-refractivity contribution in [2.75, 3.05) is 13.7 Å². The van der Waals surface area contributed by atoms with Crippen LogP contribution in [0.2, 0.25) is 0 Å². The summed E-state index contributed by atoms with van der Waals surface area (Å²) >= 11 is 2.15. The van der Waals surface area contributed by atoms with Crippen molar-refractivity contribution in [3.63, 3.8) is 0 Å². The third-order valence-electron chi connectivity index (χ3n) is 5.23. The number of carbonyl (C=O) groups is 1. The quantitative estimate of drug-likeness (QED) is 0.517. The van der Waals surface area contributed by atoms with E-state index in [1.807, 2.05) is 13.0 Å². The Morgan fingerprint density at radius 2 is 2.13 bits per heavy atom. The Bertz CT molecular complexity index is 577. The average Bonchev–Trinajstić information content (AvgIpc) is 2.60. The zero-order valence-electron chi connectivity index (χ0n) is 13.8. The molecule has 0 spiro atoms. The van der Waals surface area contributed by atoms with Crippen LogP contribution in [0.4, 0.5) is 4.79 Å². The lowest BCUT2D eigenvalue weighted by Gasteiger charge is -2.44. The molecule has 0 saturated heterocycles. The molecule has 2 aliphatic rings. The van der Waals surface area contributed by atoms with Gasteiger partial charge in [0, 0.05) is 0 Å². The second kappa shape index (κ2) is 7.28. The van der Waals surface area contributed by atoms with Gasteiger partial charge in [-0.25, -0.2) is 7.91 Å². The number of benzene rings is 1. The molecule has 1 aromatic rings. The number of fused-ring (bicyclic) bond motifs is 3. The van der Waals surface area contributed by atoms with E-state index in [-0.39, 0.29) is 12.1 Å². The van der Waals surface area contributed by atoms with Crippen LogP contribution in [0.15, 0.2) is 18.2 Å². The highest BCUT2D eigenvalue weighted by Crippen LogP contribution is 2.48. The minimum atomic E-state index is -0.209. The zero-order chi connectivity index (χ0) is 16.4. The highest BCUT2D eigenvalue weighted by atomic mass is 127. The van der Waals surface area contributed by atoms with Gasteiger partial charge in [0.2, 0.25) is 0 Å². The van der Waals surface area contributed by atoms with Crippen LogP contribution in [-0.4, -0.2) is 29.0 Å². The maximum Gasteiger partial charge on any atom is 0.418 e. The van der Waals surface area contributed by atoms with Crippen LogP contribution in [0.1, 0.15) is 49.7 Å². The lowest BCUT2D eigenvalue weighted by molar-refractivity contribution is 0.108. The van der Waals surface area contributed by atoms with Crippen molar-refractivity contribution in [3.05, 3.63) is 29.3 Å². The molecule has 1 aromatic carbocycles. The maximum atomic E-state index is 12.2. The Hall–Kier alpha value is -0.980. The molecule has 0 bridgehead atoms. The lowest BCUT2D eigenvalue weighted by Crippen LogP contribution is -2.46. The van der Waals surface area contributed by atoms with Gasteiger partial charge in [-0.2, -0.15) is 0 Å². The minimum absolute atomic E-state index is 0.209. The molecule has 3 rings (SSSR count). The number of nitrogens with zero attached hydrogens (tertiary/aromatic N) is 1. The molecular formula is C18H24INO3. The summed E-state index contributed by atoms with van der Waals surface area (Å²) in [6.45, 7) is 2.28. The van der Waals surface area contributed by atoms with Crippen LogP contribution in [0.5, 0.6) is 5.75 Å². The number of hydrogen-bond acceptors (Lipinski definition) is 3. The van der Waals surface area contributed by atoms with Crippen molar-refractivity contribution in [3.8, 4) is 5.75 Å². The van der Waals surface area contributed by atoms with Crippen molar-refractivity contribution in [2.45, 2.75) is 51.0 Å². The number of rotatable bonds is 3. The fourth-order valence-electron chi connectivity index (χ4n) is 4.18. The van der Waals surface area contributed by atoms with Gasteiger partial charge in [-0.15, -0.1) is 0 Å². The summed E-state index contributed by atoms with van der Waals surface area (Å²) in [6.07, 6.45) is 5.61. The number of ether oxygens (including phenoxy) is 2. The molecule has 0 heterocycles. The minimum Gasteiger partial charge on any atom is -0.497 e. The van der Waals surface area contributed by atoms with Crippen LogP contribution in [-0.2, 0) is 11.2 Å². The van der Waals surface area contributed by atoms with Gasteiger partial charge in [0.25, 0.3) is 0 Å². The summed E-state index contributed by atoms with van der Waals surface area (Å²) in [5.41, 5.74) is 2.78. The van der Waals surface area contributed by atoms with Crippen LogP contribution < -0.4 is 4.74 Å². The molecule has 0 radical (unpaired) electrons. The lowest BCUT2D eigenvalue weighted by atomic mass is 9.66. The number of hydrogen-bond donors (Lipinski definition) is 0. The summed E-state index contributed by atoms with van der Waals surface area (Å²) in [7, 11) is 1.72. The van der Waals surface area contributed by atoms with E-state index in [0.29, 0.717) is 18.4 Å². The topological polar surface area (TPSA) is 38.8 Å². The van der Waals surface area contributed by atoms with Gasteiger partial charge < -0.3 is 9.47 Å². The van der Waals surface area contributed by atoms with E-state index in [9.17, 15) is 4.79 Å². The summed E-state index contributed by atoms with van der Waals surface area (Å²) in [5, 5.41) is 0. The van der Waals surface area contributed by atoms with Crippen LogP contribution >= 0.6 is 22.9 Å². The van der Waals surface area contributed by atoms with E-state index >= 15 is 0 Å². The van der Waals surface area contributed by atoms with E-state index < -0.39 is 0 Å². The van der Waals surface area contributed by atoms with Crippen LogP contribution in [0.3, 0.4) is 0 Å². The van der Waals surface area contributed by atoms with Crippen molar-refractivity contribution < 1.29 is 14.3 Å². The van der Waals surface area contributed by atoms with Gasteiger partial charge in [-0.05, 0) is 61.3 Å². The first kappa shape index (κ1) is 16.9. The molecule has 1 saturated carbocycles. The molecule has 1 fully saturated rings. The van der Waals surface area contributed by atoms with Gasteiger partial charge in [-0.3, -0.25) is 0 Å². The number of methoxy groups -OCH3 is 1. The fraction of sp³-hybridized carbons (Fsp3) is 0.611. The second-order valence-corrected chi connectivity index (χ2v) is 7.44. The summed E-state index contributed by atoms with van der Waals surface area (Å²) in [6, 6.07) is 6.62. The molecule has 0 N–H and O–H groups in total. The van der Waals surface area contributed by atoms with Crippen LogP contribution in [0, 0.1) is 5.92 Å². The average molecular weight is 429 g/mol. The third kappa shape index (κ3) is 3.30. The first-order valence-electron chi connectivity index (χ1n) is 8.44. The molecule has 126 valence electrons. The second-order valence-electron chi connectivity index (χ2n) is 6.40. The third-order valence-corrected chi connectivity index (χ3v) is 6.34. The normalized spacial score (nSPS) is 26.0. The molecule has 0 aromatic heterocycles. The molecule has 0 aliphatic heterocycles. The molecule has 1 amide bonds. The van der Waals surface area contributed by atoms with Crippen molar-refractivity contribution >= 4 is 29.0 Å². The van der Waals surface area contributed by atoms with E-state index in [1.165, 1.54) is 36.8 Å². The van der Waals surface area contributed by atoms with Crippen molar-refractivity contribution in [1.29, 1.82) is 0 Å². The Balaban J connectivity index is 1.92. The van der Waals surface area contributed by atoms with E-state index in [4.69, 9.17) is 9.47 Å². The molecular weight excluding hydrogens is 405 g/mol. The van der Waals surface area contributed by atoms with Crippen molar-refractivity contribution in [1.82, 2.24) is 3.11 Å². The number of halogens is 1. The van der Waals surface area contributed by atoms with Crippen molar-refractivity contribution in [2.24, 2.45) is 5.92 Å². The van der Waals surface area contributed by atoms with E-state index in [0.717, 1.165) is 12.2 Å². The van der Waals surface area contributed by atoms with Gasteiger partial charge >= 0.3 is 6.09 Å². The molecule has 4 nitrogen and oxygen atoms in total. The number of carbonyl (C=O) groups excluding carboxylic acids is 1. The largest absolute Gasteiger partial charge is 0.497 e. The van der Waals surface area contributed by atoms with Gasteiger partial charge in [0.1, 0.15) is 5.75 Å². The molecule has 2 unspecified atom stereocenters. The Morgan fingerprint density at radius 3 is 2.87 bits per heavy atom. The Labute approximate surface area is 152 Å². The Morgan fingerprint density at radius 1 is 1.35 bits per heavy atom. The predicted octanol–water partition coefficient (Wildman–Crippen LogP) is 4.70. The zero-order valence-corrected chi connectivity index (χ0v) is 15.9. The molecule has 3 atom stereocenters. The van der Waals surface area contributed by atoms with Gasteiger partial charge in [-0.1, -0.05) is 18.9 Å². The van der Waals surface area contributed by atoms with E-state index in [2.05, 4.69) is 35.0 Å².